The Morgan fingerprint density at radius 3 is 2.31 bits per heavy atom. The third-order valence-corrected chi connectivity index (χ3v) is 5.16. The zero-order valence-corrected chi connectivity index (χ0v) is 18.6. The molecule has 8 heteroatoms. The molecule has 1 saturated carbocycles. The monoisotopic (exact) mass is 446 g/mol. The molecule has 3 rings (SSSR count). The number of carbonyl (C=O) groups excluding carboxylic acids is 1. The minimum Gasteiger partial charge on any atom is -0.494 e. The summed E-state index contributed by atoms with van der Waals surface area (Å²) in [6.07, 6.45) is 5.98. The van der Waals surface area contributed by atoms with E-state index in [1.54, 1.807) is 30.3 Å². The van der Waals surface area contributed by atoms with E-state index >= 15 is 0 Å². The molecule has 0 saturated heterocycles. The van der Waals surface area contributed by atoms with Crippen molar-refractivity contribution in [3.8, 4) is 5.75 Å². The molecule has 0 unspecified atom stereocenters. The lowest BCUT2D eigenvalue weighted by Crippen LogP contribution is -2.40. The highest BCUT2D eigenvalue weighted by molar-refractivity contribution is 5.99. The molecule has 174 valence electrons. The summed E-state index contributed by atoms with van der Waals surface area (Å²) in [4.78, 5) is 23.8. The number of aliphatic carboxylic acids is 1. The van der Waals surface area contributed by atoms with Crippen molar-refractivity contribution < 1.29 is 28.6 Å². The smallest absolute Gasteiger partial charge is 0.329 e. The molecule has 1 aliphatic rings. The van der Waals surface area contributed by atoms with E-state index in [1.165, 1.54) is 38.4 Å². The van der Waals surface area contributed by atoms with E-state index in [2.05, 4.69) is 10.1 Å². The van der Waals surface area contributed by atoms with Crippen LogP contribution in [-0.4, -0.2) is 44.5 Å². The molecule has 0 radical (unpaired) electrons. The van der Waals surface area contributed by atoms with Crippen molar-refractivity contribution >= 4 is 23.4 Å². The van der Waals surface area contributed by atoms with Crippen LogP contribution in [0.4, 0.5) is 20.6 Å². The number of ether oxygens (including phenoxy) is 2. The first-order chi connectivity index (χ1) is 15.5. The normalized spacial score (nSPS) is 13.5. The zero-order valence-electron chi connectivity index (χ0n) is 18.6. The van der Waals surface area contributed by atoms with Crippen LogP contribution < -0.4 is 15.0 Å². The van der Waals surface area contributed by atoms with Gasteiger partial charge in [0.05, 0.1) is 18.5 Å². The fraction of sp³-hybridized carbons (Fsp3) is 0.417. The van der Waals surface area contributed by atoms with Crippen molar-refractivity contribution in [2.45, 2.75) is 32.1 Å². The summed E-state index contributed by atoms with van der Waals surface area (Å²) in [5.41, 5.74) is 0.789. The van der Waals surface area contributed by atoms with Gasteiger partial charge in [-0.15, -0.1) is 0 Å². The quantitative estimate of drug-likeness (QED) is 0.626. The summed E-state index contributed by atoms with van der Waals surface area (Å²) in [6, 6.07) is 13.6. The maximum absolute atomic E-state index is 14.8. The predicted octanol–water partition coefficient (Wildman–Crippen LogP) is 4.98. The average Bonchev–Trinajstić information content (AvgIpc) is 2.81. The number of halogens is 1. The fourth-order valence-corrected chi connectivity index (χ4v) is 3.60. The van der Waals surface area contributed by atoms with Crippen LogP contribution in [0.15, 0.2) is 48.5 Å². The lowest BCUT2D eigenvalue weighted by Gasteiger charge is -2.27. The third kappa shape index (κ3) is 7.53. The Bertz CT molecular complexity index is 857. The molecule has 32 heavy (non-hydrogen) atoms. The van der Waals surface area contributed by atoms with Crippen molar-refractivity contribution in [1.29, 1.82) is 0 Å². The van der Waals surface area contributed by atoms with Crippen LogP contribution in [0.25, 0.3) is 0 Å². The van der Waals surface area contributed by atoms with Gasteiger partial charge in [0.2, 0.25) is 0 Å². The van der Waals surface area contributed by atoms with E-state index in [0.717, 1.165) is 12.8 Å². The van der Waals surface area contributed by atoms with Gasteiger partial charge < -0.3 is 19.9 Å². The highest BCUT2D eigenvalue weighted by atomic mass is 19.1. The number of carbonyl (C=O) groups is 2. The maximum atomic E-state index is 14.8. The summed E-state index contributed by atoms with van der Waals surface area (Å²) in [7, 11) is 2.76. The summed E-state index contributed by atoms with van der Waals surface area (Å²) >= 11 is 0. The number of nitrogens with zero attached hydrogens (tertiary/aromatic N) is 1. The minimum atomic E-state index is -0.933. The van der Waals surface area contributed by atoms with Gasteiger partial charge in [-0.3, -0.25) is 4.90 Å². The number of methoxy groups -OCH3 is 2. The van der Waals surface area contributed by atoms with Crippen LogP contribution >= 0.6 is 0 Å². The lowest BCUT2D eigenvalue weighted by molar-refractivity contribution is -0.141. The topological polar surface area (TPSA) is 88.1 Å². The Morgan fingerprint density at radius 1 is 1.06 bits per heavy atom. The van der Waals surface area contributed by atoms with Crippen LogP contribution in [0.3, 0.4) is 0 Å². The number of carboxylic acid groups (broad SMARTS) is 1. The lowest BCUT2D eigenvalue weighted by atomic mass is 9.89. The number of hydrogen-bond donors (Lipinski definition) is 2. The molecule has 2 aromatic rings. The molecule has 2 amide bonds. The second-order valence-corrected chi connectivity index (χ2v) is 7.48. The number of amides is 2. The van der Waals surface area contributed by atoms with Gasteiger partial charge in [0.1, 0.15) is 6.61 Å². The molecule has 0 heterocycles. The second kappa shape index (κ2) is 13.3. The van der Waals surface area contributed by atoms with Crippen molar-refractivity contribution in [2.75, 3.05) is 32.3 Å². The first-order valence-corrected chi connectivity index (χ1v) is 10.6. The maximum Gasteiger partial charge on any atom is 0.329 e. The van der Waals surface area contributed by atoms with Gasteiger partial charge >= 0.3 is 12.0 Å². The number of carboxylic acids is 1. The van der Waals surface area contributed by atoms with E-state index in [9.17, 15) is 14.0 Å². The highest BCUT2D eigenvalue weighted by Gasteiger charge is 2.24. The molecule has 0 aliphatic heterocycles. The van der Waals surface area contributed by atoms with Crippen molar-refractivity contribution in [2.24, 2.45) is 5.92 Å². The van der Waals surface area contributed by atoms with E-state index in [-0.39, 0.29) is 24.1 Å². The summed E-state index contributed by atoms with van der Waals surface area (Å²) in [6.45, 7) is 0.410. The minimum absolute atomic E-state index is 0.114. The summed E-state index contributed by atoms with van der Waals surface area (Å²) < 4.78 is 24.1. The largest absolute Gasteiger partial charge is 0.494 e. The molecule has 1 aliphatic carbocycles. The van der Waals surface area contributed by atoms with E-state index in [1.807, 2.05) is 18.2 Å². The number of anilines is 2. The van der Waals surface area contributed by atoms with Gasteiger partial charge in [-0.1, -0.05) is 43.5 Å². The van der Waals surface area contributed by atoms with Crippen LogP contribution in [0.5, 0.6) is 5.75 Å². The summed E-state index contributed by atoms with van der Waals surface area (Å²) in [5, 5.41) is 10.8. The van der Waals surface area contributed by atoms with Crippen LogP contribution in [0.2, 0.25) is 0 Å². The number of para-hydroxylation sites is 1. The molecule has 2 N–H and O–H groups in total. The third-order valence-electron chi connectivity index (χ3n) is 5.16. The number of urea groups is 1. The van der Waals surface area contributed by atoms with Crippen LogP contribution in [0.1, 0.15) is 32.1 Å². The predicted molar refractivity (Wildman–Crippen MR) is 121 cm³/mol. The van der Waals surface area contributed by atoms with E-state index < -0.39 is 11.8 Å². The Hall–Kier alpha value is -3.13. The fourth-order valence-electron chi connectivity index (χ4n) is 3.60. The van der Waals surface area contributed by atoms with Gasteiger partial charge in [-0.05, 0) is 43.0 Å². The standard InChI is InChI=1S/C21H25FN2O2.C3H6O3/c1-26-19-14-8-13-18(20(19)22)24(17-11-6-3-7-12-17)21(25)23-15-16-9-4-2-5-10-16;1-6-2-3(4)5/h3,6-8,11-14,16H,2,4-5,9-10,15H2,1H3,(H,23,25);2H2,1H3,(H,4,5). The Balaban J connectivity index is 0.000000534. The van der Waals surface area contributed by atoms with E-state index in [4.69, 9.17) is 9.84 Å². The number of benzene rings is 2. The van der Waals surface area contributed by atoms with Crippen molar-refractivity contribution in [3.05, 3.63) is 54.3 Å². The molecule has 1 fully saturated rings. The Labute approximate surface area is 188 Å². The molecule has 0 aromatic heterocycles. The molecule has 7 nitrogen and oxygen atoms in total. The molecule has 0 atom stereocenters. The Kier molecular flexibility index (Phi) is 10.5. The SMILES string of the molecule is COCC(=O)O.COc1cccc(N(C(=O)NCC2CCCCC2)c2ccccc2)c1F. The average molecular weight is 447 g/mol. The molecular weight excluding hydrogens is 415 g/mol. The number of nitrogens with one attached hydrogen (secondary N) is 1. The van der Waals surface area contributed by atoms with Gasteiger partial charge in [-0.2, -0.15) is 0 Å². The van der Waals surface area contributed by atoms with Gasteiger partial charge in [0.25, 0.3) is 0 Å². The molecular formula is C24H31FN2O5. The Morgan fingerprint density at radius 2 is 1.75 bits per heavy atom. The molecule has 0 spiro atoms. The van der Waals surface area contributed by atoms with Crippen LogP contribution in [0, 0.1) is 11.7 Å². The number of hydrogen-bond acceptors (Lipinski definition) is 4. The zero-order chi connectivity index (χ0) is 23.3. The first kappa shape index (κ1) is 25.1. The van der Waals surface area contributed by atoms with Crippen molar-refractivity contribution in [1.82, 2.24) is 5.32 Å². The van der Waals surface area contributed by atoms with Gasteiger partial charge in [-0.25, -0.2) is 14.0 Å². The summed E-state index contributed by atoms with van der Waals surface area (Å²) in [5.74, 6) is -0.867. The molecule has 0 bridgehead atoms. The van der Waals surface area contributed by atoms with Crippen molar-refractivity contribution in [3.63, 3.8) is 0 Å². The second-order valence-electron chi connectivity index (χ2n) is 7.48. The van der Waals surface area contributed by atoms with E-state index in [0.29, 0.717) is 18.2 Å². The molecule has 2 aromatic carbocycles. The first-order valence-electron chi connectivity index (χ1n) is 10.6. The van der Waals surface area contributed by atoms with Crippen LogP contribution in [-0.2, 0) is 9.53 Å². The number of rotatable bonds is 7. The van der Waals surface area contributed by atoms with Gasteiger partial charge in [0, 0.05) is 13.7 Å². The van der Waals surface area contributed by atoms with Gasteiger partial charge in [0.15, 0.2) is 11.6 Å². The highest BCUT2D eigenvalue weighted by Crippen LogP contribution is 2.32.